The van der Waals surface area contributed by atoms with Crippen molar-refractivity contribution in [3.8, 4) is 5.75 Å². The van der Waals surface area contributed by atoms with E-state index in [-0.39, 0.29) is 17.6 Å². The molecule has 0 saturated carbocycles. The van der Waals surface area contributed by atoms with Crippen LogP contribution in [0.15, 0.2) is 52.5 Å². The van der Waals surface area contributed by atoms with Crippen LogP contribution in [0.4, 0.5) is 4.79 Å². The third-order valence-electron chi connectivity index (χ3n) is 4.05. The van der Waals surface area contributed by atoms with Crippen LogP contribution in [-0.2, 0) is 0 Å². The van der Waals surface area contributed by atoms with Gasteiger partial charge in [-0.25, -0.2) is 4.79 Å². The first-order valence-corrected chi connectivity index (χ1v) is 7.80. The van der Waals surface area contributed by atoms with Gasteiger partial charge in [-0.2, -0.15) is 0 Å². The highest BCUT2D eigenvalue weighted by Gasteiger charge is 2.40. The van der Waals surface area contributed by atoms with Gasteiger partial charge in [0.15, 0.2) is 5.78 Å². The zero-order chi connectivity index (χ0) is 16.1. The van der Waals surface area contributed by atoms with Crippen molar-refractivity contribution >= 4 is 33.4 Å². The first-order chi connectivity index (χ1) is 11.1. The highest BCUT2D eigenvalue weighted by molar-refractivity contribution is 9.10. The van der Waals surface area contributed by atoms with Crippen LogP contribution in [0.3, 0.4) is 0 Å². The number of benzene rings is 2. The molecule has 23 heavy (non-hydrogen) atoms. The number of nitrogens with one attached hydrogen (secondary N) is 2. The predicted molar refractivity (Wildman–Crippen MR) is 87.9 cm³/mol. The predicted octanol–water partition coefficient (Wildman–Crippen LogP) is 3.12. The minimum atomic E-state index is -0.625. The van der Waals surface area contributed by atoms with E-state index in [0.29, 0.717) is 26.9 Å². The second-order valence-electron chi connectivity index (χ2n) is 5.40. The number of Topliss-reactive ketones (excluding diaryl/α,β-unsaturated/α-hetero) is 1. The van der Waals surface area contributed by atoms with Crippen LogP contribution in [0.25, 0.3) is 5.70 Å². The summed E-state index contributed by atoms with van der Waals surface area (Å²) in [5, 5.41) is 15.3. The summed E-state index contributed by atoms with van der Waals surface area (Å²) in [5.74, 6) is -0.0514. The lowest BCUT2D eigenvalue weighted by Gasteiger charge is -2.27. The van der Waals surface area contributed by atoms with Gasteiger partial charge in [0.25, 0.3) is 0 Å². The molecule has 5 nitrogen and oxygen atoms in total. The summed E-state index contributed by atoms with van der Waals surface area (Å²) in [6.45, 7) is 0. The number of carbonyl (C=O) groups excluding carboxylic acids is 2. The molecule has 3 N–H and O–H groups in total. The average molecular weight is 371 g/mol. The monoisotopic (exact) mass is 370 g/mol. The van der Waals surface area contributed by atoms with E-state index in [1.54, 1.807) is 24.3 Å². The first-order valence-electron chi connectivity index (χ1n) is 7.00. The fourth-order valence-electron chi connectivity index (χ4n) is 3.05. The Balaban J connectivity index is 1.93. The molecule has 0 spiro atoms. The molecule has 1 unspecified atom stereocenters. The molecule has 2 amide bonds. The van der Waals surface area contributed by atoms with Gasteiger partial charge in [0, 0.05) is 15.6 Å². The zero-order valence-electron chi connectivity index (χ0n) is 11.8. The normalized spacial score (nSPS) is 19.1. The topological polar surface area (TPSA) is 78.4 Å². The zero-order valence-corrected chi connectivity index (χ0v) is 13.3. The van der Waals surface area contributed by atoms with Gasteiger partial charge >= 0.3 is 6.03 Å². The Morgan fingerprint density at radius 3 is 2.57 bits per heavy atom. The average Bonchev–Trinajstić information content (AvgIpc) is 2.82. The van der Waals surface area contributed by atoms with Crippen molar-refractivity contribution in [2.75, 3.05) is 0 Å². The Morgan fingerprint density at radius 1 is 1.04 bits per heavy atom. The summed E-state index contributed by atoms with van der Waals surface area (Å²) in [6, 6.07) is 10.9. The fraction of sp³-hybridized carbons (Fsp3) is 0.0588. The van der Waals surface area contributed by atoms with E-state index in [0.717, 1.165) is 5.56 Å². The first kappa shape index (κ1) is 14.0. The lowest BCUT2D eigenvalue weighted by molar-refractivity contribution is 0.103. The van der Waals surface area contributed by atoms with E-state index >= 15 is 0 Å². The van der Waals surface area contributed by atoms with Crippen molar-refractivity contribution in [3.63, 3.8) is 0 Å². The van der Waals surface area contributed by atoms with Crippen LogP contribution in [0.1, 0.15) is 27.5 Å². The van der Waals surface area contributed by atoms with Crippen molar-refractivity contribution in [2.45, 2.75) is 6.04 Å². The quantitative estimate of drug-likeness (QED) is 0.721. The SMILES string of the molecule is O=C1NC2=C(C(=O)c3ccccc32)C(c2cc(O)ccc2Br)N1. The number of phenolic OH excluding ortho intramolecular Hbond substituents is 1. The maximum absolute atomic E-state index is 12.8. The molecular weight excluding hydrogens is 360 g/mol. The van der Waals surface area contributed by atoms with Crippen LogP contribution in [0.5, 0.6) is 5.75 Å². The standard InChI is InChI=1S/C17H11BrN2O3/c18-12-6-5-8(21)7-11(12)15-13-14(19-17(23)20-15)9-3-1-2-4-10(9)16(13)22/h1-7,15,21H,(H2,19,20,23). The Morgan fingerprint density at radius 2 is 1.78 bits per heavy atom. The molecule has 0 saturated heterocycles. The number of amides is 2. The third-order valence-corrected chi connectivity index (χ3v) is 4.77. The summed E-state index contributed by atoms with van der Waals surface area (Å²) in [7, 11) is 0. The molecule has 1 aliphatic carbocycles. The molecule has 0 fully saturated rings. The molecule has 6 heteroatoms. The Bertz CT molecular complexity index is 904. The smallest absolute Gasteiger partial charge is 0.320 e. The van der Waals surface area contributed by atoms with Crippen molar-refractivity contribution in [1.29, 1.82) is 0 Å². The number of hydrogen-bond acceptors (Lipinski definition) is 3. The van der Waals surface area contributed by atoms with Gasteiger partial charge in [-0.05, 0) is 23.8 Å². The Hall–Kier alpha value is -2.60. The summed E-state index contributed by atoms with van der Waals surface area (Å²) >= 11 is 3.42. The van der Waals surface area contributed by atoms with Crippen molar-refractivity contribution < 1.29 is 14.7 Å². The van der Waals surface area contributed by atoms with Gasteiger partial charge in [-0.3, -0.25) is 4.79 Å². The van der Waals surface area contributed by atoms with Crippen LogP contribution in [0, 0.1) is 0 Å². The summed E-state index contributed by atoms with van der Waals surface area (Å²) < 4.78 is 0.707. The van der Waals surface area contributed by atoms with Crippen molar-refractivity contribution in [3.05, 3.63) is 69.2 Å². The third kappa shape index (κ3) is 2.06. The molecule has 2 aromatic rings. The van der Waals surface area contributed by atoms with Gasteiger partial charge in [0.1, 0.15) is 5.75 Å². The number of aromatic hydroxyl groups is 1. The van der Waals surface area contributed by atoms with Crippen molar-refractivity contribution in [2.24, 2.45) is 0 Å². The van der Waals surface area contributed by atoms with E-state index in [4.69, 9.17) is 0 Å². The van der Waals surface area contributed by atoms with Gasteiger partial charge in [0.2, 0.25) is 0 Å². The molecule has 4 rings (SSSR count). The number of fused-ring (bicyclic) bond motifs is 2. The van der Waals surface area contributed by atoms with Gasteiger partial charge < -0.3 is 15.7 Å². The molecule has 0 bridgehead atoms. The van der Waals surface area contributed by atoms with Gasteiger partial charge in [-0.1, -0.05) is 40.2 Å². The van der Waals surface area contributed by atoms with Crippen LogP contribution < -0.4 is 10.6 Å². The molecule has 1 aliphatic heterocycles. The molecule has 1 atom stereocenters. The molecule has 2 aromatic carbocycles. The number of urea groups is 1. The minimum Gasteiger partial charge on any atom is -0.508 e. The fourth-order valence-corrected chi connectivity index (χ4v) is 3.53. The Kier molecular flexibility index (Phi) is 3.02. The second-order valence-corrected chi connectivity index (χ2v) is 6.26. The Labute approximate surface area is 140 Å². The summed E-state index contributed by atoms with van der Waals surface area (Å²) in [4.78, 5) is 24.8. The minimum absolute atomic E-state index is 0.0705. The highest BCUT2D eigenvalue weighted by atomic mass is 79.9. The largest absolute Gasteiger partial charge is 0.508 e. The maximum Gasteiger partial charge on any atom is 0.320 e. The number of halogens is 1. The number of carbonyl (C=O) groups is 2. The molecule has 2 aliphatic rings. The molecule has 114 valence electrons. The van der Waals surface area contributed by atoms with E-state index in [1.807, 2.05) is 12.1 Å². The number of ketones is 1. The number of phenols is 1. The van der Waals surface area contributed by atoms with E-state index in [1.165, 1.54) is 6.07 Å². The van der Waals surface area contributed by atoms with E-state index in [2.05, 4.69) is 26.6 Å². The van der Waals surface area contributed by atoms with Crippen LogP contribution in [-0.4, -0.2) is 16.9 Å². The lowest BCUT2D eigenvalue weighted by atomic mass is 9.94. The lowest BCUT2D eigenvalue weighted by Crippen LogP contribution is -2.43. The molecule has 1 heterocycles. The van der Waals surface area contributed by atoms with E-state index in [9.17, 15) is 14.7 Å². The molecule has 0 radical (unpaired) electrons. The van der Waals surface area contributed by atoms with Crippen molar-refractivity contribution in [1.82, 2.24) is 10.6 Å². The van der Waals surface area contributed by atoms with E-state index < -0.39 is 6.04 Å². The van der Waals surface area contributed by atoms with Gasteiger partial charge in [-0.15, -0.1) is 0 Å². The van der Waals surface area contributed by atoms with Gasteiger partial charge in [0.05, 0.1) is 17.3 Å². The van der Waals surface area contributed by atoms with Crippen LogP contribution in [0.2, 0.25) is 0 Å². The summed E-state index contributed by atoms with van der Waals surface area (Å²) in [5.41, 5.74) is 2.95. The number of hydrogen-bond donors (Lipinski definition) is 3. The summed E-state index contributed by atoms with van der Waals surface area (Å²) in [6.07, 6.45) is 0. The van der Waals surface area contributed by atoms with Crippen LogP contribution >= 0.6 is 15.9 Å². The molecule has 0 aromatic heterocycles. The maximum atomic E-state index is 12.8. The second kappa shape index (κ2) is 4.96. The number of rotatable bonds is 1. The molecular formula is C17H11BrN2O3. The highest BCUT2D eigenvalue weighted by Crippen LogP contribution is 2.42.